The fraction of sp³-hybridized carbons (Fsp3) is 0.308. The largest absolute Gasteiger partial charge is 0.425 e. The molecule has 0 spiro atoms. The lowest BCUT2D eigenvalue weighted by Gasteiger charge is -2.24. The normalized spacial score (nSPS) is 11.3. The van der Waals surface area contributed by atoms with Gasteiger partial charge < -0.3 is 35.5 Å². The van der Waals surface area contributed by atoms with Crippen LogP contribution in [0.2, 0.25) is 0 Å². The third-order valence-corrected chi connectivity index (χ3v) is 9.79. The van der Waals surface area contributed by atoms with Crippen molar-refractivity contribution in [3.63, 3.8) is 0 Å². The lowest BCUT2D eigenvalue weighted by atomic mass is 10.2. The van der Waals surface area contributed by atoms with E-state index in [1.54, 1.807) is 23.1 Å². The van der Waals surface area contributed by atoms with Gasteiger partial charge in [0, 0.05) is 50.6 Å². The lowest BCUT2D eigenvalue weighted by Crippen LogP contribution is -2.31. The van der Waals surface area contributed by atoms with Crippen LogP contribution >= 0.6 is 0 Å². The maximum absolute atomic E-state index is 14.2. The van der Waals surface area contributed by atoms with Gasteiger partial charge in [-0.1, -0.05) is 0 Å². The fourth-order valence-corrected chi connectivity index (χ4v) is 6.47. The molecule has 336 valence electrons. The molecule has 4 aromatic carbocycles. The summed E-state index contributed by atoms with van der Waals surface area (Å²) in [5, 5.41) is 43.4. The maximum Gasteiger partial charge on any atom is 0.425 e. The summed E-state index contributed by atoms with van der Waals surface area (Å²) >= 11 is 0. The molecular weight excluding hydrogens is 867 g/mol. The van der Waals surface area contributed by atoms with E-state index in [0.29, 0.717) is 35.8 Å². The number of nitrogens with one attached hydrogen (secondary N) is 2. The Hall–Kier alpha value is -6.60. The number of rotatable bonds is 20. The number of azo groups is 2. The Balaban J connectivity index is 0.00000209. The number of benzene rings is 4. The van der Waals surface area contributed by atoms with E-state index in [1.165, 1.54) is 30.3 Å². The van der Waals surface area contributed by atoms with Gasteiger partial charge in [0.05, 0.1) is 36.0 Å². The van der Waals surface area contributed by atoms with Crippen molar-refractivity contribution >= 4 is 84.1 Å². The van der Waals surface area contributed by atoms with E-state index in [-0.39, 0.29) is 55.5 Å². The average molecular weight is 913 g/mol. The SMILES string of the molecule is CCN(CC)c1ccc(N=Nc2ccc(F)cc2)c(Nc2nc(Nc3cc(N(CC)CC)ccc3N=Nc3ccc(F)c(S(=O)(=O)O)c3)nc(N(CCO)CCO)n2)c1.O=S(=O)=O. The smallest absolute Gasteiger partial charge is 0.395 e. The topological polar surface area (TPSA) is 268 Å². The quantitative estimate of drug-likeness (QED) is 0.0382. The minimum Gasteiger partial charge on any atom is -0.395 e. The number of nitrogens with zero attached hydrogens (tertiary/aromatic N) is 10. The number of anilines is 7. The third kappa shape index (κ3) is 14.5. The number of halogens is 2. The lowest BCUT2D eigenvalue weighted by molar-refractivity contribution is 0.280. The van der Waals surface area contributed by atoms with Crippen molar-refractivity contribution in [2.24, 2.45) is 20.5 Å². The molecule has 0 amide bonds. The van der Waals surface area contributed by atoms with Crippen molar-refractivity contribution in [1.29, 1.82) is 0 Å². The molecule has 0 aliphatic rings. The van der Waals surface area contributed by atoms with Crippen LogP contribution in [0.3, 0.4) is 0 Å². The number of aliphatic hydroxyl groups excluding tert-OH is 2. The molecule has 1 heterocycles. The molecule has 20 nitrogen and oxygen atoms in total. The van der Waals surface area contributed by atoms with Crippen LogP contribution < -0.4 is 25.3 Å². The molecule has 5 N–H and O–H groups in total. The van der Waals surface area contributed by atoms with E-state index >= 15 is 0 Å². The molecule has 0 fully saturated rings. The van der Waals surface area contributed by atoms with E-state index in [1.807, 2.05) is 45.9 Å². The van der Waals surface area contributed by atoms with Crippen molar-refractivity contribution in [3.8, 4) is 0 Å². The van der Waals surface area contributed by atoms with Gasteiger partial charge in [-0.3, -0.25) is 4.55 Å². The summed E-state index contributed by atoms with van der Waals surface area (Å²) in [7, 11) is -7.98. The zero-order valence-electron chi connectivity index (χ0n) is 34.6. The van der Waals surface area contributed by atoms with Gasteiger partial charge >= 0.3 is 10.6 Å². The summed E-state index contributed by atoms with van der Waals surface area (Å²) in [5.74, 6) is -1.36. The first-order chi connectivity index (χ1) is 30.1. The van der Waals surface area contributed by atoms with Crippen LogP contribution in [0.4, 0.5) is 72.1 Å². The first kappa shape index (κ1) is 49.1. The van der Waals surface area contributed by atoms with E-state index in [2.05, 4.69) is 55.8 Å². The zero-order valence-corrected chi connectivity index (χ0v) is 36.2. The number of hydrogen-bond donors (Lipinski definition) is 5. The molecule has 0 unspecified atom stereocenters. The molecule has 5 rings (SSSR count). The number of hydrogen-bond acceptors (Lipinski definition) is 19. The molecule has 0 saturated carbocycles. The Morgan fingerprint density at radius 1 is 0.619 bits per heavy atom. The summed E-state index contributed by atoms with van der Waals surface area (Å²) < 4.78 is 86.1. The van der Waals surface area contributed by atoms with Crippen molar-refractivity contribution in [2.75, 3.05) is 77.8 Å². The maximum atomic E-state index is 14.2. The van der Waals surface area contributed by atoms with Crippen molar-refractivity contribution in [2.45, 2.75) is 32.6 Å². The highest BCUT2D eigenvalue weighted by atomic mass is 32.2. The number of aliphatic hydroxyl groups is 2. The second-order valence-corrected chi connectivity index (χ2v) is 14.7. The van der Waals surface area contributed by atoms with Crippen LogP contribution in [0, 0.1) is 11.6 Å². The summed E-state index contributed by atoms with van der Waals surface area (Å²) in [6, 6.07) is 19.4. The number of aromatic nitrogens is 3. The molecule has 0 aliphatic carbocycles. The van der Waals surface area contributed by atoms with Crippen LogP contribution in [-0.2, 0) is 20.7 Å². The minimum absolute atomic E-state index is 0.0244. The predicted octanol–water partition coefficient (Wildman–Crippen LogP) is 7.19. The molecular formula is C39H46F2N12O8S2. The van der Waals surface area contributed by atoms with Gasteiger partial charge in [-0.05, 0) is 107 Å². The average Bonchev–Trinajstić information content (AvgIpc) is 3.24. The molecule has 0 radical (unpaired) electrons. The highest BCUT2D eigenvalue weighted by Crippen LogP contribution is 2.36. The van der Waals surface area contributed by atoms with Gasteiger partial charge in [0.2, 0.25) is 17.8 Å². The van der Waals surface area contributed by atoms with Gasteiger partial charge in [0.15, 0.2) is 0 Å². The van der Waals surface area contributed by atoms with Gasteiger partial charge in [-0.15, -0.1) is 22.9 Å². The second-order valence-electron chi connectivity index (χ2n) is 12.9. The first-order valence-electron chi connectivity index (χ1n) is 19.3. The molecule has 24 heteroatoms. The van der Waals surface area contributed by atoms with Crippen LogP contribution in [0.5, 0.6) is 0 Å². The minimum atomic E-state index is -4.87. The van der Waals surface area contributed by atoms with Crippen LogP contribution in [0.15, 0.2) is 104 Å². The Kier molecular flexibility index (Phi) is 18.4. The van der Waals surface area contributed by atoms with Crippen LogP contribution in [0.25, 0.3) is 0 Å². The molecule has 5 aromatic rings. The van der Waals surface area contributed by atoms with E-state index in [9.17, 15) is 32.0 Å². The highest BCUT2D eigenvalue weighted by Gasteiger charge is 2.19. The Morgan fingerprint density at radius 2 is 1.06 bits per heavy atom. The summed E-state index contributed by atoms with van der Waals surface area (Å²) in [6.07, 6.45) is 0. The molecule has 0 atom stereocenters. The van der Waals surface area contributed by atoms with Crippen molar-refractivity contribution in [3.05, 3.63) is 90.5 Å². The molecule has 63 heavy (non-hydrogen) atoms. The monoisotopic (exact) mass is 912 g/mol. The van der Waals surface area contributed by atoms with Crippen LogP contribution in [0.1, 0.15) is 27.7 Å². The van der Waals surface area contributed by atoms with Crippen molar-refractivity contribution < 1.29 is 44.6 Å². The van der Waals surface area contributed by atoms with Gasteiger partial charge in [-0.25, -0.2) is 8.78 Å². The van der Waals surface area contributed by atoms with E-state index < -0.39 is 37.3 Å². The van der Waals surface area contributed by atoms with E-state index in [0.717, 1.165) is 36.6 Å². The third-order valence-electron chi connectivity index (χ3n) is 8.92. The summed E-state index contributed by atoms with van der Waals surface area (Å²) in [6.45, 7) is 10.5. The van der Waals surface area contributed by atoms with Gasteiger partial charge in [-0.2, -0.15) is 33.6 Å². The first-order valence-corrected chi connectivity index (χ1v) is 21.7. The second kappa shape index (κ2) is 23.6. The van der Waals surface area contributed by atoms with Crippen LogP contribution in [-0.4, -0.2) is 103 Å². The summed E-state index contributed by atoms with van der Waals surface area (Å²) in [4.78, 5) is 18.8. The zero-order chi connectivity index (χ0) is 46.1. The Morgan fingerprint density at radius 3 is 1.49 bits per heavy atom. The standard InChI is InChI=1S/C39H46F2N12O5S.O3S/c1-5-51(6-2)29-14-17-32(49-47-27-11-9-26(40)10-12-27)34(24-29)42-37-44-38(46-39(45-37)53(19-21-54)20-22-55)43-35-25-30(52(7-3)8-4)15-18-33(35)50-48-28-13-16-31(41)36(23-28)59(56,57)58;1-4(2)3/h9-18,23-25,54-55H,5-8,19-22H2,1-4H3,(H,56,57,58)(H2,42,43,44,45,46);. The highest BCUT2D eigenvalue weighted by molar-refractivity contribution is 7.85. The van der Waals surface area contributed by atoms with Crippen molar-refractivity contribution in [1.82, 2.24) is 15.0 Å². The molecule has 0 aliphatic heterocycles. The summed E-state index contributed by atoms with van der Waals surface area (Å²) in [5.41, 5.74) is 3.58. The van der Waals surface area contributed by atoms with E-state index in [4.69, 9.17) is 12.6 Å². The Bertz CT molecular complexity index is 2590. The van der Waals surface area contributed by atoms with Gasteiger partial charge in [0.1, 0.15) is 27.9 Å². The van der Waals surface area contributed by atoms with Gasteiger partial charge in [0.25, 0.3) is 10.1 Å². The molecule has 1 aromatic heterocycles. The predicted molar refractivity (Wildman–Crippen MR) is 233 cm³/mol. The molecule has 0 saturated heterocycles. The Labute approximate surface area is 363 Å². The fourth-order valence-electron chi connectivity index (χ4n) is 5.89. The molecule has 0 bridgehead atoms.